The number of aromatic nitrogens is 3. The van der Waals surface area contributed by atoms with Crippen molar-refractivity contribution in [1.29, 1.82) is 0 Å². The van der Waals surface area contributed by atoms with Gasteiger partial charge in [0.1, 0.15) is 11.6 Å². The zero-order valence-corrected chi connectivity index (χ0v) is 17.2. The monoisotopic (exact) mass is 400 g/mol. The molecule has 148 valence electrons. The van der Waals surface area contributed by atoms with Crippen LogP contribution in [-0.4, -0.2) is 27.3 Å². The zero-order valence-electron chi connectivity index (χ0n) is 16.4. The Balaban J connectivity index is 1.64. The van der Waals surface area contributed by atoms with Crippen molar-refractivity contribution in [3.05, 3.63) is 69.2 Å². The van der Waals surface area contributed by atoms with Crippen LogP contribution < -0.4 is 10.6 Å². The number of rotatable bonds is 7. The van der Waals surface area contributed by atoms with E-state index in [1.54, 1.807) is 24.3 Å². The molecule has 2 aromatic heterocycles. The van der Waals surface area contributed by atoms with Crippen molar-refractivity contribution in [2.45, 2.75) is 33.4 Å². The standard InChI is InChI=1S/C20H25FN6S/c1-14-11-16(6-7-18(14)21)12-23-20(22-9-8-17-5-4-10-28-17)24-13-19-26-25-15(2)27(19)3/h4-7,10-11H,8-9,12-13H2,1-3H3,(H2,22,23,24). The normalized spacial score (nSPS) is 11.6. The summed E-state index contributed by atoms with van der Waals surface area (Å²) in [6.45, 7) is 5.43. The highest BCUT2D eigenvalue weighted by molar-refractivity contribution is 7.09. The van der Waals surface area contributed by atoms with E-state index in [4.69, 9.17) is 0 Å². The largest absolute Gasteiger partial charge is 0.356 e. The van der Waals surface area contributed by atoms with Gasteiger partial charge in [0.05, 0.1) is 13.1 Å². The lowest BCUT2D eigenvalue weighted by Crippen LogP contribution is -2.38. The molecule has 6 nitrogen and oxygen atoms in total. The minimum absolute atomic E-state index is 0.196. The quantitative estimate of drug-likeness (QED) is 0.472. The topological polar surface area (TPSA) is 67.1 Å². The maximum absolute atomic E-state index is 13.5. The Labute approximate surface area is 168 Å². The lowest BCUT2D eigenvalue weighted by Gasteiger charge is -2.12. The number of hydrogen-bond acceptors (Lipinski definition) is 4. The molecule has 28 heavy (non-hydrogen) atoms. The van der Waals surface area contributed by atoms with Gasteiger partial charge in [-0.05, 0) is 48.9 Å². The second-order valence-electron chi connectivity index (χ2n) is 6.58. The molecule has 0 saturated carbocycles. The maximum atomic E-state index is 13.5. The Morgan fingerprint density at radius 2 is 2.07 bits per heavy atom. The van der Waals surface area contributed by atoms with E-state index in [0.29, 0.717) is 24.6 Å². The smallest absolute Gasteiger partial charge is 0.191 e. The summed E-state index contributed by atoms with van der Waals surface area (Å²) < 4.78 is 15.4. The summed E-state index contributed by atoms with van der Waals surface area (Å²) in [5.74, 6) is 2.20. The molecule has 3 aromatic rings. The molecule has 3 rings (SSSR count). The summed E-state index contributed by atoms with van der Waals surface area (Å²) in [5.41, 5.74) is 1.59. The molecule has 0 aliphatic carbocycles. The number of benzene rings is 1. The first kappa shape index (κ1) is 20.0. The number of thiophene rings is 1. The molecule has 0 aliphatic rings. The lowest BCUT2D eigenvalue weighted by atomic mass is 10.1. The number of aryl methyl sites for hydroxylation is 2. The van der Waals surface area contributed by atoms with E-state index in [0.717, 1.165) is 30.2 Å². The van der Waals surface area contributed by atoms with E-state index in [-0.39, 0.29) is 5.82 Å². The van der Waals surface area contributed by atoms with Crippen LogP contribution in [0.15, 0.2) is 40.7 Å². The third-order valence-corrected chi connectivity index (χ3v) is 5.42. The number of hydrogen-bond donors (Lipinski definition) is 2. The van der Waals surface area contributed by atoms with Crippen LogP contribution in [0.25, 0.3) is 0 Å². The highest BCUT2D eigenvalue weighted by Gasteiger charge is 2.07. The summed E-state index contributed by atoms with van der Waals surface area (Å²) in [7, 11) is 1.94. The van der Waals surface area contributed by atoms with Crippen LogP contribution >= 0.6 is 11.3 Å². The first-order chi connectivity index (χ1) is 13.5. The van der Waals surface area contributed by atoms with Crippen molar-refractivity contribution in [1.82, 2.24) is 25.4 Å². The Morgan fingerprint density at radius 3 is 2.75 bits per heavy atom. The molecule has 0 spiro atoms. The Morgan fingerprint density at radius 1 is 1.21 bits per heavy atom. The summed E-state index contributed by atoms with van der Waals surface area (Å²) in [6, 6.07) is 9.26. The van der Waals surface area contributed by atoms with Crippen molar-refractivity contribution < 1.29 is 4.39 Å². The van der Waals surface area contributed by atoms with Crippen LogP contribution in [0.1, 0.15) is 27.7 Å². The average Bonchev–Trinajstić information content (AvgIpc) is 3.31. The summed E-state index contributed by atoms with van der Waals surface area (Å²) in [6.07, 6.45) is 0.928. The molecule has 0 aliphatic heterocycles. The lowest BCUT2D eigenvalue weighted by molar-refractivity contribution is 0.617. The number of halogens is 1. The summed E-state index contributed by atoms with van der Waals surface area (Å²) in [5, 5.41) is 17.0. The summed E-state index contributed by atoms with van der Waals surface area (Å²) in [4.78, 5) is 5.98. The Kier molecular flexibility index (Phi) is 6.76. The molecular weight excluding hydrogens is 375 g/mol. The van der Waals surface area contributed by atoms with E-state index in [1.165, 1.54) is 10.9 Å². The van der Waals surface area contributed by atoms with Gasteiger partial charge in [0.25, 0.3) is 0 Å². The van der Waals surface area contributed by atoms with Gasteiger partial charge in [0.15, 0.2) is 11.8 Å². The van der Waals surface area contributed by atoms with Gasteiger partial charge in [-0.2, -0.15) is 0 Å². The molecule has 0 radical (unpaired) electrons. The predicted octanol–water partition coefficient (Wildman–Crippen LogP) is 3.11. The van der Waals surface area contributed by atoms with Gasteiger partial charge in [-0.25, -0.2) is 9.38 Å². The Hall–Kier alpha value is -2.74. The van der Waals surface area contributed by atoms with Crippen LogP contribution in [0.4, 0.5) is 4.39 Å². The van der Waals surface area contributed by atoms with Gasteiger partial charge in [-0.3, -0.25) is 0 Å². The van der Waals surface area contributed by atoms with Gasteiger partial charge < -0.3 is 15.2 Å². The summed E-state index contributed by atoms with van der Waals surface area (Å²) >= 11 is 1.75. The average molecular weight is 401 g/mol. The van der Waals surface area contributed by atoms with Crippen LogP contribution in [0.5, 0.6) is 0 Å². The van der Waals surface area contributed by atoms with Crippen molar-refractivity contribution in [2.75, 3.05) is 6.54 Å². The minimum atomic E-state index is -0.196. The van der Waals surface area contributed by atoms with Crippen molar-refractivity contribution >= 4 is 17.3 Å². The van der Waals surface area contributed by atoms with E-state index >= 15 is 0 Å². The Bertz CT molecular complexity index is 932. The van der Waals surface area contributed by atoms with Gasteiger partial charge >= 0.3 is 0 Å². The fourth-order valence-electron chi connectivity index (χ4n) is 2.68. The first-order valence-electron chi connectivity index (χ1n) is 9.17. The molecule has 2 heterocycles. The zero-order chi connectivity index (χ0) is 19.9. The molecule has 0 atom stereocenters. The van der Waals surface area contributed by atoms with Crippen LogP contribution in [0, 0.1) is 19.7 Å². The van der Waals surface area contributed by atoms with Crippen LogP contribution in [-0.2, 0) is 26.6 Å². The molecule has 0 saturated heterocycles. The van der Waals surface area contributed by atoms with Gasteiger partial charge in [0, 0.05) is 18.5 Å². The third-order valence-electron chi connectivity index (χ3n) is 4.48. The van der Waals surface area contributed by atoms with Gasteiger partial charge in [-0.1, -0.05) is 18.2 Å². The number of guanidine groups is 1. The van der Waals surface area contributed by atoms with Crippen molar-refractivity contribution in [3.63, 3.8) is 0 Å². The second-order valence-corrected chi connectivity index (χ2v) is 7.61. The van der Waals surface area contributed by atoms with Gasteiger partial charge in [-0.15, -0.1) is 21.5 Å². The number of nitrogens with zero attached hydrogens (tertiary/aromatic N) is 4. The second kappa shape index (κ2) is 9.45. The van der Waals surface area contributed by atoms with E-state index in [9.17, 15) is 4.39 Å². The highest BCUT2D eigenvalue weighted by atomic mass is 32.1. The van der Waals surface area contributed by atoms with Gasteiger partial charge in [0.2, 0.25) is 0 Å². The van der Waals surface area contributed by atoms with E-state index in [2.05, 4.69) is 43.3 Å². The maximum Gasteiger partial charge on any atom is 0.191 e. The molecule has 0 unspecified atom stereocenters. The minimum Gasteiger partial charge on any atom is -0.356 e. The highest BCUT2D eigenvalue weighted by Crippen LogP contribution is 2.10. The molecule has 0 bridgehead atoms. The SMILES string of the molecule is Cc1cc(CN=C(NCCc2cccs2)NCc2nnc(C)n2C)ccc1F. The molecule has 0 fully saturated rings. The van der Waals surface area contributed by atoms with E-state index in [1.807, 2.05) is 24.6 Å². The fourth-order valence-corrected chi connectivity index (χ4v) is 3.39. The molecule has 8 heteroatoms. The fraction of sp³-hybridized carbons (Fsp3) is 0.350. The predicted molar refractivity (Wildman–Crippen MR) is 111 cm³/mol. The van der Waals surface area contributed by atoms with Crippen LogP contribution in [0.2, 0.25) is 0 Å². The molecule has 1 aromatic carbocycles. The third kappa shape index (κ3) is 5.39. The first-order valence-corrected chi connectivity index (χ1v) is 10.1. The van der Waals surface area contributed by atoms with Crippen LogP contribution in [0.3, 0.4) is 0 Å². The molecular formula is C20H25FN6S. The molecule has 0 amide bonds. The van der Waals surface area contributed by atoms with E-state index < -0.39 is 0 Å². The number of nitrogens with one attached hydrogen (secondary N) is 2. The van der Waals surface area contributed by atoms with Crippen molar-refractivity contribution in [2.24, 2.45) is 12.0 Å². The van der Waals surface area contributed by atoms with Crippen molar-refractivity contribution in [3.8, 4) is 0 Å². The number of aliphatic imine (C=N–C) groups is 1. The molecule has 2 N–H and O–H groups in total.